The summed E-state index contributed by atoms with van der Waals surface area (Å²) < 4.78 is 1.35. The lowest BCUT2D eigenvalue weighted by atomic mass is 10.3. The lowest BCUT2D eigenvalue weighted by Gasteiger charge is -2.07. The molecule has 0 aliphatic heterocycles. The molecule has 0 atom stereocenters. The molecule has 6 heteroatoms. The summed E-state index contributed by atoms with van der Waals surface area (Å²) in [4.78, 5) is 25.8. The van der Waals surface area contributed by atoms with Crippen molar-refractivity contribution in [2.24, 2.45) is 0 Å². The lowest BCUT2D eigenvalue weighted by molar-refractivity contribution is 0.739. The van der Waals surface area contributed by atoms with Gasteiger partial charge in [0.25, 0.3) is 5.56 Å². The fourth-order valence-electron chi connectivity index (χ4n) is 1.41. The third kappa shape index (κ3) is 1.92. The van der Waals surface area contributed by atoms with Gasteiger partial charge in [-0.2, -0.15) is 0 Å². The maximum absolute atomic E-state index is 11.5. The van der Waals surface area contributed by atoms with Crippen molar-refractivity contribution in [3.63, 3.8) is 0 Å². The van der Waals surface area contributed by atoms with Crippen molar-refractivity contribution >= 4 is 17.2 Å². The molecule has 0 aromatic carbocycles. The monoisotopic (exact) mass is 237 g/mol. The summed E-state index contributed by atoms with van der Waals surface area (Å²) in [5, 5.41) is 1.96. The molecule has 0 unspecified atom stereocenters. The summed E-state index contributed by atoms with van der Waals surface area (Å²) in [5.41, 5.74) is 5.80. The second-order valence-electron chi connectivity index (χ2n) is 3.48. The molecule has 3 N–H and O–H groups in total. The van der Waals surface area contributed by atoms with Crippen molar-refractivity contribution in [3.05, 3.63) is 48.8 Å². The Morgan fingerprint density at radius 2 is 2.25 bits per heavy atom. The largest absolute Gasteiger partial charge is 0.385 e. The van der Waals surface area contributed by atoms with E-state index >= 15 is 0 Å². The molecule has 0 saturated heterocycles. The second-order valence-corrected chi connectivity index (χ2v) is 4.48. The predicted molar refractivity (Wildman–Crippen MR) is 63.9 cm³/mol. The topological polar surface area (TPSA) is 80.9 Å². The SMILES string of the molecule is Cc1ccsc1Cn1c(N)cc(=O)[nH]c1=O. The molecule has 0 bridgehead atoms. The molecular formula is C10H11N3O2S. The van der Waals surface area contributed by atoms with Crippen molar-refractivity contribution in [1.29, 1.82) is 0 Å². The van der Waals surface area contributed by atoms with Gasteiger partial charge in [-0.25, -0.2) is 4.79 Å². The van der Waals surface area contributed by atoms with E-state index in [2.05, 4.69) is 4.98 Å². The maximum atomic E-state index is 11.5. The van der Waals surface area contributed by atoms with Crippen LogP contribution in [0.5, 0.6) is 0 Å². The number of aromatic nitrogens is 2. The molecule has 0 aliphatic carbocycles. The molecule has 2 heterocycles. The van der Waals surface area contributed by atoms with Gasteiger partial charge in [0, 0.05) is 10.9 Å². The van der Waals surface area contributed by atoms with Crippen molar-refractivity contribution < 1.29 is 0 Å². The fourth-order valence-corrected chi connectivity index (χ4v) is 2.31. The number of nitrogens with two attached hydrogens (primary N) is 1. The summed E-state index contributed by atoms with van der Waals surface area (Å²) >= 11 is 1.56. The molecule has 0 spiro atoms. The van der Waals surface area contributed by atoms with Crippen LogP contribution in [0.15, 0.2) is 27.1 Å². The van der Waals surface area contributed by atoms with E-state index in [1.54, 1.807) is 11.3 Å². The van der Waals surface area contributed by atoms with Crippen molar-refractivity contribution in [2.45, 2.75) is 13.5 Å². The minimum absolute atomic E-state index is 0.182. The van der Waals surface area contributed by atoms with Gasteiger partial charge in [0.1, 0.15) is 5.82 Å². The van der Waals surface area contributed by atoms with Gasteiger partial charge in [-0.05, 0) is 23.9 Å². The number of nitrogens with zero attached hydrogens (tertiary/aromatic N) is 1. The zero-order valence-electron chi connectivity index (χ0n) is 8.69. The minimum atomic E-state index is -0.474. The van der Waals surface area contributed by atoms with E-state index in [1.807, 2.05) is 18.4 Å². The summed E-state index contributed by atoms with van der Waals surface area (Å²) in [5.74, 6) is 0.182. The standard InChI is InChI=1S/C10H11N3O2S/c1-6-2-3-16-7(6)5-13-8(11)4-9(14)12-10(13)15/h2-4H,5,11H2,1H3,(H,12,14,15). The van der Waals surface area contributed by atoms with Gasteiger partial charge in [0.15, 0.2) is 0 Å². The average molecular weight is 237 g/mol. The fraction of sp³-hybridized carbons (Fsp3) is 0.200. The van der Waals surface area contributed by atoms with Gasteiger partial charge in [0.2, 0.25) is 0 Å². The Morgan fingerprint density at radius 3 is 2.81 bits per heavy atom. The van der Waals surface area contributed by atoms with E-state index in [0.29, 0.717) is 6.54 Å². The zero-order valence-corrected chi connectivity index (χ0v) is 9.50. The molecule has 84 valence electrons. The Hall–Kier alpha value is -1.82. The highest BCUT2D eigenvalue weighted by molar-refractivity contribution is 7.10. The molecule has 5 nitrogen and oxygen atoms in total. The molecule has 2 aromatic heterocycles. The highest BCUT2D eigenvalue weighted by Crippen LogP contribution is 2.16. The van der Waals surface area contributed by atoms with Crippen molar-refractivity contribution in [3.8, 4) is 0 Å². The molecule has 0 fully saturated rings. The Labute approximate surface area is 95.2 Å². The van der Waals surface area contributed by atoms with Gasteiger partial charge in [-0.15, -0.1) is 11.3 Å². The molecule has 16 heavy (non-hydrogen) atoms. The van der Waals surface area contributed by atoms with Crippen LogP contribution in [0.4, 0.5) is 5.82 Å². The number of nitrogens with one attached hydrogen (secondary N) is 1. The van der Waals surface area contributed by atoms with E-state index in [4.69, 9.17) is 5.73 Å². The van der Waals surface area contributed by atoms with E-state index in [9.17, 15) is 9.59 Å². The van der Waals surface area contributed by atoms with Crippen LogP contribution in [0.1, 0.15) is 10.4 Å². The number of thiophene rings is 1. The number of H-pyrrole nitrogens is 1. The second kappa shape index (κ2) is 3.97. The number of aromatic amines is 1. The normalized spacial score (nSPS) is 10.6. The summed E-state index contributed by atoms with van der Waals surface area (Å²) in [6, 6.07) is 3.19. The number of anilines is 1. The third-order valence-electron chi connectivity index (χ3n) is 2.34. The Morgan fingerprint density at radius 1 is 1.50 bits per heavy atom. The smallest absolute Gasteiger partial charge is 0.330 e. The van der Waals surface area contributed by atoms with Crippen LogP contribution < -0.4 is 17.0 Å². The van der Waals surface area contributed by atoms with Crippen LogP contribution >= 0.6 is 11.3 Å². The van der Waals surface area contributed by atoms with E-state index in [1.165, 1.54) is 10.6 Å². The zero-order chi connectivity index (χ0) is 11.7. The molecule has 2 aromatic rings. The van der Waals surface area contributed by atoms with Crippen LogP contribution in [-0.4, -0.2) is 9.55 Å². The quantitative estimate of drug-likeness (QED) is 0.799. The Balaban J connectivity index is 2.47. The van der Waals surface area contributed by atoms with Crippen LogP contribution in [-0.2, 0) is 6.54 Å². The number of nitrogen functional groups attached to an aromatic ring is 1. The Bertz CT molecular complexity index is 623. The predicted octanol–water partition coefficient (Wildman–Crippen LogP) is 0.537. The lowest BCUT2D eigenvalue weighted by Crippen LogP contribution is -2.31. The summed E-state index contributed by atoms with van der Waals surface area (Å²) in [7, 11) is 0. The first-order valence-electron chi connectivity index (χ1n) is 4.70. The van der Waals surface area contributed by atoms with E-state index in [-0.39, 0.29) is 5.82 Å². The average Bonchev–Trinajstić information content (AvgIpc) is 2.57. The summed E-state index contributed by atoms with van der Waals surface area (Å²) in [6.45, 7) is 2.36. The van der Waals surface area contributed by atoms with Gasteiger partial charge >= 0.3 is 5.69 Å². The number of hydrogen-bond donors (Lipinski definition) is 2. The first kappa shape index (κ1) is 10.7. The van der Waals surface area contributed by atoms with Crippen LogP contribution in [0.3, 0.4) is 0 Å². The summed E-state index contributed by atoms with van der Waals surface area (Å²) in [6.07, 6.45) is 0. The first-order chi connectivity index (χ1) is 7.58. The molecule has 0 aliphatic rings. The minimum Gasteiger partial charge on any atom is -0.385 e. The molecular weight excluding hydrogens is 226 g/mol. The van der Waals surface area contributed by atoms with Crippen molar-refractivity contribution in [2.75, 3.05) is 5.73 Å². The number of aryl methyl sites for hydroxylation is 1. The third-order valence-corrected chi connectivity index (χ3v) is 3.34. The van der Waals surface area contributed by atoms with Gasteiger partial charge < -0.3 is 5.73 Å². The molecule has 0 amide bonds. The maximum Gasteiger partial charge on any atom is 0.330 e. The first-order valence-corrected chi connectivity index (χ1v) is 5.58. The number of hydrogen-bond acceptors (Lipinski definition) is 4. The van der Waals surface area contributed by atoms with Gasteiger partial charge in [-0.3, -0.25) is 14.3 Å². The Kier molecular flexibility index (Phi) is 2.66. The number of rotatable bonds is 2. The van der Waals surface area contributed by atoms with E-state index in [0.717, 1.165) is 10.4 Å². The molecule has 2 rings (SSSR count). The van der Waals surface area contributed by atoms with Gasteiger partial charge in [-0.1, -0.05) is 0 Å². The van der Waals surface area contributed by atoms with Crippen LogP contribution in [0, 0.1) is 6.92 Å². The van der Waals surface area contributed by atoms with Crippen LogP contribution in [0.25, 0.3) is 0 Å². The highest BCUT2D eigenvalue weighted by atomic mass is 32.1. The van der Waals surface area contributed by atoms with Gasteiger partial charge in [0.05, 0.1) is 6.54 Å². The molecule has 0 radical (unpaired) electrons. The van der Waals surface area contributed by atoms with Crippen LogP contribution in [0.2, 0.25) is 0 Å². The highest BCUT2D eigenvalue weighted by Gasteiger charge is 2.06. The van der Waals surface area contributed by atoms with Crippen molar-refractivity contribution in [1.82, 2.24) is 9.55 Å². The molecule has 0 saturated carbocycles. The van der Waals surface area contributed by atoms with E-state index < -0.39 is 11.2 Å².